The summed E-state index contributed by atoms with van der Waals surface area (Å²) in [5.74, 6) is -0.0597. The highest BCUT2D eigenvalue weighted by Crippen LogP contribution is 2.33. The van der Waals surface area contributed by atoms with Gasteiger partial charge in [-0.25, -0.2) is 4.98 Å². The van der Waals surface area contributed by atoms with Crippen LogP contribution in [-0.2, 0) is 24.4 Å². The maximum Gasteiger partial charge on any atom is 0.416 e. The minimum absolute atomic E-state index is 0.00915. The molecule has 4 aromatic rings. The summed E-state index contributed by atoms with van der Waals surface area (Å²) in [6.45, 7) is 0.0926. The number of rotatable bonds is 8. The lowest BCUT2D eigenvalue weighted by Crippen LogP contribution is -2.34. The van der Waals surface area contributed by atoms with E-state index in [-0.39, 0.29) is 24.1 Å². The third-order valence-corrected chi connectivity index (χ3v) is 5.74. The van der Waals surface area contributed by atoms with Crippen LogP contribution in [0.2, 0.25) is 0 Å². The molecule has 0 radical (unpaired) electrons. The summed E-state index contributed by atoms with van der Waals surface area (Å²) in [5, 5.41) is 18.9. The first-order chi connectivity index (χ1) is 17.7. The van der Waals surface area contributed by atoms with Crippen molar-refractivity contribution in [1.29, 1.82) is 5.26 Å². The molecule has 1 amide bonds. The zero-order chi connectivity index (χ0) is 26.4. The number of hydrogen-bond acceptors (Lipinski definition) is 5. The SMILES string of the molecule is Cn1cc(-c2ccc(NC(=O)[C@H](NCCc3ccc(C#N)cc3C(F)(F)F)c3ccccc3)nc2)cn1. The van der Waals surface area contributed by atoms with Crippen LogP contribution in [-0.4, -0.2) is 27.2 Å². The van der Waals surface area contributed by atoms with Gasteiger partial charge in [0.25, 0.3) is 0 Å². The Labute approximate surface area is 211 Å². The van der Waals surface area contributed by atoms with Crippen LogP contribution in [0.3, 0.4) is 0 Å². The molecule has 1 atom stereocenters. The number of aryl methyl sites for hydroxylation is 1. The molecule has 0 aliphatic rings. The highest BCUT2D eigenvalue weighted by atomic mass is 19.4. The van der Waals surface area contributed by atoms with Crippen LogP contribution in [0.4, 0.5) is 19.0 Å². The number of carbonyl (C=O) groups excluding carboxylic acids is 1. The lowest BCUT2D eigenvalue weighted by molar-refractivity contribution is -0.138. The maximum atomic E-state index is 13.5. The van der Waals surface area contributed by atoms with Crippen LogP contribution in [0.1, 0.15) is 28.3 Å². The topological polar surface area (TPSA) is 95.6 Å². The van der Waals surface area contributed by atoms with E-state index in [1.165, 1.54) is 12.1 Å². The monoisotopic (exact) mass is 504 g/mol. The van der Waals surface area contributed by atoms with Gasteiger partial charge in [0.05, 0.1) is 23.4 Å². The summed E-state index contributed by atoms with van der Waals surface area (Å²) in [4.78, 5) is 17.5. The number of nitriles is 1. The van der Waals surface area contributed by atoms with E-state index in [1.807, 2.05) is 25.4 Å². The molecule has 0 aliphatic heterocycles. The fourth-order valence-electron chi connectivity index (χ4n) is 3.89. The Morgan fingerprint density at radius 1 is 1.08 bits per heavy atom. The van der Waals surface area contributed by atoms with Crippen molar-refractivity contribution in [3.05, 3.63) is 102 Å². The van der Waals surface area contributed by atoms with Crippen LogP contribution in [0, 0.1) is 11.3 Å². The van der Waals surface area contributed by atoms with Gasteiger partial charge in [-0.1, -0.05) is 36.4 Å². The molecule has 7 nitrogen and oxygen atoms in total. The number of benzene rings is 2. The summed E-state index contributed by atoms with van der Waals surface area (Å²) in [7, 11) is 1.81. The minimum atomic E-state index is -4.59. The molecule has 2 heterocycles. The normalized spacial score (nSPS) is 12.1. The number of anilines is 1. The van der Waals surface area contributed by atoms with Gasteiger partial charge in [0.2, 0.25) is 5.91 Å². The Bertz CT molecular complexity index is 1410. The Hall–Kier alpha value is -4.49. The average molecular weight is 505 g/mol. The number of nitrogens with one attached hydrogen (secondary N) is 2. The second kappa shape index (κ2) is 11.1. The lowest BCUT2D eigenvalue weighted by Gasteiger charge is -2.20. The number of amides is 1. The molecule has 0 spiro atoms. The average Bonchev–Trinajstić information content (AvgIpc) is 3.33. The van der Waals surface area contributed by atoms with Crippen molar-refractivity contribution in [2.24, 2.45) is 7.05 Å². The van der Waals surface area contributed by atoms with Gasteiger partial charge in [0.15, 0.2) is 0 Å². The molecular formula is C27H23F3N6O. The van der Waals surface area contributed by atoms with Crippen molar-refractivity contribution in [2.75, 3.05) is 11.9 Å². The van der Waals surface area contributed by atoms with Crippen LogP contribution in [0.5, 0.6) is 0 Å². The fourth-order valence-corrected chi connectivity index (χ4v) is 3.89. The van der Waals surface area contributed by atoms with E-state index in [4.69, 9.17) is 5.26 Å². The zero-order valence-corrected chi connectivity index (χ0v) is 19.8. The van der Waals surface area contributed by atoms with Crippen molar-refractivity contribution in [1.82, 2.24) is 20.1 Å². The molecular weight excluding hydrogens is 481 g/mol. The molecule has 10 heteroatoms. The second-order valence-corrected chi connectivity index (χ2v) is 8.35. The number of nitrogens with zero attached hydrogens (tertiary/aromatic N) is 4. The molecule has 4 rings (SSSR count). The molecule has 2 aromatic carbocycles. The van der Waals surface area contributed by atoms with E-state index in [0.717, 1.165) is 17.2 Å². The molecule has 188 valence electrons. The minimum Gasteiger partial charge on any atom is -0.309 e. The third kappa shape index (κ3) is 6.39. The van der Waals surface area contributed by atoms with E-state index in [2.05, 4.69) is 20.7 Å². The summed E-state index contributed by atoms with van der Waals surface area (Å²) < 4.78 is 42.2. The predicted octanol–water partition coefficient (Wildman–Crippen LogP) is 4.88. The van der Waals surface area contributed by atoms with Gasteiger partial charge >= 0.3 is 6.18 Å². The second-order valence-electron chi connectivity index (χ2n) is 8.35. The molecule has 2 aromatic heterocycles. The Balaban J connectivity index is 1.48. The van der Waals surface area contributed by atoms with Gasteiger partial charge < -0.3 is 10.6 Å². The molecule has 37 heavy (non-hydrogen) atoms. The maximum absolute atomic E-state index is 13.5. The standard InChI is InChI=1S/C27H23F3N6O/c1-36-17-22(16-34-36)21-9-10-24(33-15-21)35-26(37)25(20-5-3-2-4-6-20)32-12-11-19-8-7-18(14-31)13-23(19)27(28,29)30/h2-10,13,15-17,25,32H,11-12H2,1H3,(H,33,35,37)/t25-/m1/s1. The van der Waals surface area contributed by atoms with E-state index in [0.29, 0.717) is 11.4 Å². The van der Waals surface area contributed by atoms with Gasteiger partial charge in [-0.3, -0.25) is 9.48 Å². The summed E-state index contributed by atoms with van der Waals surface area (Å²) >= 11 is 0. The van der Waals surface area contributed by atoms with Crippen molar-refractivity contribution in [3.8, 4) is 17.2 Å². The van der Waals surface area contributed by atoms with Crippen molar-refractivity contribution < 1.29 is 18.0 Å². The summed E-state index contributed by atoms with van der Waals surface area (Å²) in [6, 6.07) is 16.8. The Kier molecular flexibility index (Phi) is 7.65. The molecule has 0 saturated heterocycles. The van der Waals surface area contributed by atoms with Crippen LogP contribution in [0.15, 0.2) is 79.3 Å². The molecule has 0 bridgehead atoms. The van der Waals surface area contributed by atoms with Crippen LogP contribution < -0.4 is 10.6 Å². The number of halogens is 3. The summed E-state index contributed by atoms with van der Waals surface area (Å²) in [5.41, 5.74) is 1.51. The first kappa shape index (κ1) is 25.6. The fraction of sp³-hybridized carbons (Fsp3) is 0.185. The number of alkyl halides is 3. The lowest BCUT2D eigenvalue weighted by atomic mass is 10.0. The number of aromatic nitrogens is 3. The van der Waals surface area contributed by atoms with Gasteiger partial charge in [-0.05, 0) is 41.8 Å². The Morgan fingerprint density at radius 2 is 1.86 bits per heavy atom. The van der Waals surface area contributed by atoms with Gasteiger partial charge in [-0.2, -0.15) is 23.5 Å². The van der Waals surface area contributed by atoms with Crippen molar-refractivity contribution >= 4 is 11.7 Å². The molecule has 0 saturated carbocycles. The zero-order valence-electron chi connectivity index (χ0n) is 19.8. The van der Waals surface area contributed by atoms with Crippen molar-refractivity contribution in [2.45, 2.75) is 18.6 Å². The molecule has 0 aliphatic carbocycles. The highest BCUT2D eigenvalue weighted by Gasteiger charge is 2.33. The smallest absolute Gasteiger partial charge is 0.309 e. The molecule has 2 N–H and O–H groups in total. The van der Waals surface area contributed by atoms with Crippen LogP contribution >= 0.6 is 0 Å². The van der Waals surface area contributed by atoms with E-state index >= 15 is 0 Å². The summed E-state index contributed by atoms with van der Waals surface area (Å²) in [6.07, 6.45) is 0.605. The molecule has 0 fully saturated rings. The number of pyridine rings is 1. The van der Waals surface area contributed by atoms with E-state index in [1.54, 1.807) is 53.5 Å². The predicted molar refractivity (Wildman–Crippen MR) is 132 cm³/mol. The van der Waals surface area contributed by atoms with E-state index in [9.17, 15) is 18.0 Å². The van der Waals surface area contributed by atoms with Gasteiger partial charge in [0, 0.05) is 37.1 Å². The molecule has 0 unspecified atom stereocenters. The van der Waals surface area contributed by atoms with Gasteiger partial charge in [-0.15, -0.1) is 0 Å². The van der Waals surface area contributed by atoms with Crippen molar-refractivity contribution in [3.63, 3.8) is 0 Å². The van der Waals surface area contributed by atoms with E-state index < -0.39 is 23.7 Å². The first-order valence-electron chi connectivity index (χ1n) is 11.4. The quantitative estimate of drug-likeness (QED) is 0.357. The van der Waals surface area contributed by atoms with Gasteiger partial charge in [0.1, 0.15) is 11.9 Å². The Morgan fingerprint density at radius 3 is 2.49 bits per heavy atom. The largest absolute Gasteiger partial charge is 0.416 e. The first-order valence-corrected chi connectivity index (χ1v) is 11.4. The third-order valence-electron chi connectivity index (χ3n) is 5.74. The number of hydrogen-bond donors (Lipinski definition) is 2. The van der Waals surface area contributed by atoms with Crippen LogP contribution in [0.25, 0.3) is 11.1 Å². The number of carbonyl (C=O) groups is 1. The highest BCUT2D eigenvalue weighted by molar-refractivity contribution is 5.95.